The van der Waals surface area contributed by atoms with Crippen LogP contribution < -0.4 is 20.9 Å². The fraction of sp³-hybridized carbons (Fsp3) is 0.286. The molecule has 0 aliphatic carbocycles. The van der Waals surface area contributed by atoms with Crippen molar-refractivity contribution in [2.75, 3.05) is 6.61 Å². The number of hydrazine groups is 1. The van der Waals surface area contributed by atoms with Crippen LogP contribution in [0.4, 0.5) is 4.39 Å². The number of hydrogen-bond acceptors (Lipinski definition) is 4. The molecule has 1 atom stereocenters. The molecule has 0 saturated carbocycles. The summed E-state index contributed by atoms with van der Waals surface area (Å²) in [4.78, 5) is 37.0. The summed E-state index contributed by atoms with van der Waals surface area (Å²) in [6.45, 7) is 5.88. The number of carbonyl (C=O) groups excluding carboxylic acids is 3. The molecule has 2 rings (SSSR count). The van der Waals surface area contributed by atoms with Crippen LogP contribution in [0.15, 0.2) is 48.5 Å². The number of halogens is 1. The number of hydrogen-bond donors (Lipinski definition) is 3. The highest BCUT2D eigenvalue weighted by atomic mass is 19.1. The molecule has 0 heterocycles. The van der Waals surface area contributed by atoms with E-state index in [1.807, 2.05) is 6.92 Å². The number of nitrogens with one attached hydrogen (secondary N) is 3. The Morgan fingerprint density at radius 2 is 1.45 bits per heavy atom. The second-order valence-electron chi connectivity index (χ2n) is 6.60. The highest BCUT2D eigenvalue weighted by Crippen LogP contribution is 2.12. The molecule has 7 nitrogen and oxygen atoms in total. The van der Waals surface area contributed by atoms with Crippen molar-refractivity contribution in [2.45, 2.75) is 26.8 Å². The van der Waals surface area contributed by atoms with Crippen LogP contribution in [0, 0.1) is 11.7 Å². The summed E-state index contributed by atoms with van der Waals surface area (Å²) < 4.78 is 18.3. The quantitative estimate of drug-likeness (QED) is 0.621. The molecule has 0 aliphatic rings. The molecule has 2 aromatic rings. The van der Waals surface area contributed by atoms with E-state index in [1.54, 1.807) is 38.1 Å². The van der Waals surface area contributed by atoms with Gasteiger partial charge < -0.3 is 10.1 Å². The first-order chi connectivity index (χ1) is 13.8. The number of benzene rings is 2. The molecule has 154 valence electrons. The number of amides is 3. The Labute approximate surface area is 168 Å². The highest BCUT2D eigenvalue weighted by Gasteiger charge is 2.25. The zero-order valence-electron chi connectivity index (χ0n) is 16.5. The number of rotatable bonds is 7. The van der Waals surface area contributed by atoms with Crippen molar-refractivity contribution < 1.29 is 23.5 Å². The van der Waals surface area contributed by atoms with Gasteiger partial charge in [-0.05, 0) is 61.4 Å². The van der Waals surface area contributed by atoms with E-state index in [0.717, 1.165) is 12.1 Å². The van der Waals surface area contributed by atoms with Crippen LogP contribution in [0.2, 0.25) is 0 Å². The van der Waals surface area contributed by atoms with E-state index in [-0.39, 0.29) is 11.5 Å². The molecule has 0 aliphatic heterocycles. The maximum absolute atomic E-state index is 13.0. The minimum Gasteiger partial charge on any atom is -0.494 e. The zero-order chi connectivity index (χ0) is 21.4. The summed E-state index contributed by atoms with van der Waals surface area (Å²) in [6, 6.07) is 10.5. The molecule has 0 fully saturated rings. The standard InChI is InChI=1S/C21H24FN3O4/c1-4-29-17-11-7-15(8-12-17)20(27)24-25-21(28)18(13(2)3)23-19(26)14-5-9-16(22)10-6-14/h5-13,18H,4H2,1-3H3,(H,23,26)(H,24,27)(H,25,28). The van der Waals surface area contributed by atoms with Crippen LogP contribution in [0.5, 0.6) is 5.75 Å². The SMILES string of the molecule is CCOc1ccc(C(=O)NNC(=O)C(NC(=O)c2ccc(F)cc2)C(C)C)cc1. The van der Waals surface area contributed by atoms with Crippen LogP contribution in [0.3, 0.4) is 0 Å². The Bertz CT molecular complexity index is 851. The molecular weight excluding hydrogens is 377 g/mol. The summed E-state index contributed by atoms with van der Waals surface area (Å²) >= 11 is 0. The summed E-state index contributed by atoms with van der Waals surface area (Å²) in [5, 5.41) is 2.60. The molecule has 29 heavy (non-hydrogen) atoms. The maximum Gasteiger partial charge on any atom is 0.269 e. The average Bonchev–Trinajstić information content (AvgIpc) is 2.71. The average molecular weight is 401 g/mol. The third-order valence-electron chi connectivity index (χ3n) is 4.07. The Balaban J connectivity index is 1.95. The van der Waals surface area contributed by atoms with E-state index in [9.17, 15) is 18.8 Å². The van der Waals surface area contributed by atoms with Crippen molar-refractivity contribution in [2.24, 2.45) is 5.92 Å². The van der Waals surface area contributed by atoms with Gasteiger partial charge in [0.1, 0.15) is 17.6 Å². The van der Waals surface area contributed by atoms with E-state index in [2.05, 4.69) is 16.2 Å². The van der Waals surface area contributed by atoms with Gasteiger partial charge in [0.2, 0.25) is 0 Å². The molecule has 1 unspecified atom stereocenters. The lowest BCUT2D eigenvalue weighted by Crippen LogP contribution is -2.54. The fourth-order valence-corrected chi connectivity index (χ4v) is 2.50. The molecule has 2 aromatic carbocycles. The van der Waals surface area contributed by atoms with E-state index >= 15 is 0 Å². The highest BCUT2D eigenvalue weighted by molar-refractivity contribution is 5.99. The minimum atomic E-state index is -0.895. The third kappa shape index (κ3) is 6.31. The van der Waals surface area contributed by atoms with Gasteiger partial charge in [-0.15, -0.1) is 0 Å². The molecule has 0 bridgehead atoms. The van der Waals surface area contributed by atoms with E-state index in [4.69, 9.17) is 4.74 Å². The minimum absolute atomic E-state index is 0.225. The normalized spacial score (nSPS) is 11.5. The fourth-order valence-electron chi connectivity index (χ4n) is 2.50. The Morgan fingerprint density at radius 1 is 0.897 bits per heavy atom. The second-order valence-corrected chi connectivity index (χ2v) is 6.60. The molecule has 3 amide bonds. The molecule has 0 spiro atoms. The summed E-state index contributed by atoms with van der Waals surface area (Å²) in [7, 11) is 0. The molecule has 0 saturated heterocycles. The van der Waals surface area contributed by atoms with Crippen LogP contribution in [0.25, 0.3) is 0 Å². The van der Waals surface area contributed by atoms with Gasteiger partial charge in [0.05, 0.1) is 6.61 Å². The molecule has 0 aromatic heterocycles. The van der Waals surface area contributed by atoms with Crippen molar-refractivity contribution in [1.29, 1.82) is 0 Å². The summed E-state index contributed by atoms with van der Waals surface area (Å²) in [6.07, 6.45) is 0. The van der Waals surface area contributed by atoms with Crippen molar-refractivity contribution in [3.05, 3.63) is 65.5 Å². The van der Waals surface area contributed by atoms with Crippen molar-refractivity contribution in [3.63, 3.8) is 0 Å². The van der Waals surface area contributed by atoms with E-state index in [1.165, 1.54) is 12.1 Å². The van der Waals surface area contributed by atoms with Gasteiger partial charge in [-0.2, -0.15) is 0 Å². The van der Waals surface area contributed by atoms with Crippen molar-refractivity contribution in [3.8, 4) is 5.75 Å². The lowest BCUT2D eigenvalue weighted by atomic mass is 10.0. The first kappa shape index (κ1) is 21.9. The van der Waals surface area contributed by atoms with Gasteiger partial charge in [0.15, 0.2) is 0 Å². The van der Waals surface area contributed by atoms with Gasteiger partial charge in [-0.1, -0.05) is 13.8 Å². The smallest absolute Gasteiger partial charge is 0.269 e. The van der Waals surface area contributed by atoms with Crippen molar-refractivity contribution >= 4 is 17.7 Å². The van der Waals surface area contributed by atoms with Gasteiger partial charge in [-0.25, -0.2) is 4.39 Å². The Hall–Kier alpha value is -3.42. The van der Waals surface area contributed by atoms with Gasteiger partial charge >= 0.3 is 0 Å². The summed E-state index contributed by atoms with van der Waals surface area (Å²) in [5.74, 6) is -1.67. The van der Waals surface area contributed by atoms with E-state index in [0.29, 0.717) is 17.9 Å². The molecule has 0 radical (unpaired) electrons. The monoisotopic (exact) mass is 401 g/mol. The van der Waals surface area contributed by atoms with Crippen LogP contribution in [-0.4, -0.2) is 30.4 Å². The van der Waals surface area contributed by atoms with Crippen LogP contribution >= 0.6 is 0 Å². The van der Waals surface area contributed by atoms with Gasteiger partial charge in [-0.3, -0.25) is 25.2 Å². The maximum atomic E-state index is 13.0. The molecular formula is C21H24FN3O4. The van der Waals surface area contributed by atoms with Gasteiger partial charge in [0, 0.05) is 11.1 Å². The van der Waals surface area contributed by atoms with E-state index < -0.39 is 29.6 Å². The lowest BCUT2D eigenvalue weighted by molar-refractivity contribution is -0.124. The van der Waals surface area contributed by atoms with Crippen LogP contribution in [0.1, 0.15) is 41.5 Å². The first-order valence-electron chi connectivity index (χ1n) is 9.21. The zero-order valence-corrected chi connectivity index (χ0v) is 16.5. The molecule has 3 N–H and O–H groups in total. The predicted molar refractivity (Wildman–Crippen MR) is 106 cm³/mol. The summed E-state index contributed by atoms with van der Waals surface area (Å²) in [5.41, 5.74) is 5.21. The second kappa shape index (κ2) is 10.2. The largest absolute Gasteiger partial charge is 0.494 e. The topological polar surface area (TPSA) is 96.5 Å². The van der Waals surface area contributed by atoms with Gasteiger partial charge in [0.25, 0.3) is 17.7 Å². The number of carbonyl (C=O) groups is 3. The Morgan fingerprint density at radius 3 is 2.00 bits per heavy atom. The van der Waals surface area contributed by atoms with Crippen molar-refractivity contribution in [1.82, 2.24) is 16.2 Å². The first-order valence-corrected chi connectivity index (χ1v) is 9.21. The van der Waals surface area contributed by atoms with Crippen LogP contribution in [-0.2, 0) is 4.79 Å². The lowest BCUT2D eigenvalue weighted by Gasteiger charge is -2.22. The predicted octanol–water partition coefficient (Wildman–Crippen LogP) is 2.44. The number of ether oxygens (including phenoxy) is 1. The third-order valence-corrected chi connectivity index (χ3v) is 4.07. The Kier molecular flexibility index (Phi) is 7.70. The molecule has 8 heteroatoms.